The van der Waals surface area contributed by atoms with Gasteiger partial charge in [-0.2, -0.15) is 0 Å². The topological polar surface area (TPSA) is 58.6 Å². The lowest BCUT2D eigenvalue weighted by Gasteiger charge is -2.47. The summed E-state index contributed by atoms with van der Waals surface area (Å²) in [6.07, 6.45) is 6.43. The maximum Gasteiger partial charge on any atom is 0.274 e. The molecule has 0 aliphatic carbocycles. The molecule has 2 aromatic rings. The molecule has 2 aromatic heterocycles. The first-order chi connectivity index (χ1) is 12.2. The number of thiophene rings is 1. The zero-order chi connectivity index (χ0) is 17.1. The van der Waals surface area contributed by atoms with Crippen LogP contribution in [0.4, 0.5) is 0 Å². The number of hydrogen-bond donors (Lipinski definition) is 0. The van der Waals surface area contributed by atoms with Gasteiger partial charge in [0.15, 0.2) is 0 Å². The number of carbonyl (C=O) groups excluding carboxylic acids is 1. The van der Waals surface area contributed by atoms with Crippen LogP contribution in [0.2, 0.25) is 0 Å². The van der Waals surface area contributed by atoms with E-state index >= 15 is 0 Å². The minimum absolute atomic E-state index is 0.0331. The predicted molar refractivity (Wildman–Crippen MR) is 95.4 cm³/mol. The molecule has 132 valence electrons. The maximum absolute atomic E-state index is 12.5. The highest BCUT2D eigenvalue weighted by atomic mass is 32.1. The van der Waals surface area contributed by atoms with Gasteiger partial charge in [-0.05, 0) is 24.3 Å². The van der Waals surface area contributed by atoms with Gasteiger partial charge in [-0.15, -0.1) is 11.3 Å². The number of morpholine rings is 1. The quantitative estimate of drug-likeness (QED) is 0.840. The van der Waals surface area contributed by atoms with Crippen LogP contribution in [0.25, 0.3) is 0 Å². The Morgan fingerprint density at radius 1 is 1.28 bits per heavy atom. The molecule has 4 rings (SSSR count). The highest BCUT2D eigenvalue weighted by Crippen LogP contribution is 2.31. The van der Waals surface area contributed by atoms with Gasteiger partial charge < -0.3 is 9.64 Å². The third-order valence-electron chi connectivity index (χ3n) is 5.03. The molecular weight excluding hydrogens is 336 g/mol. The van der Waals surface area contributed by atoms with E-state index in [2.05, 4.69) is 32.4 Å². The van der Waals surface area contributed by atoms with Gasteiger partial charge in [0, 0.05) is 50.0 Å². The summed E-state index contributed by atoms with van der Waals surface area (Å²) in [6.45, 7) is 5.10. The second-order valence-corrected chi connectivity index (χ2v) is 7.74. The Morgan fingerprint density at radius 2 is 2.16 bits per heavy atom. The summed E-state index contributed by atoms with van der Waals surface area (Å²) in [5, 5.41) is 2.13. The Labute approximate surface area is 151 Å². The Bertz CT molecular complexity index is 699. The number of carbonyl (C=O) groups is 1. The van der Waals surface area contributed by atoms with Gasteiger partial charge in [0.05, 0.1) is 18.4 Å². The molecule has 0 saturated carbocycles. The molecule has 7 heteroatoms. The molecule has 1 amide bonds. The Kier molecular flexibility index (Phi) is 4.78. The lowest BCUT2D eigenvalue weighted by Crippen LogP contribution is -2.57. The molecular formula is C18H22N4O2S. The first-order valence-electron chi connectivity index (χ1n) is 8.68. The lowest BCUT2D eigenvalue weighted by molar-refractivity contribution is -0.134. The second kappa shape index (κ2) is 7.19. The fourth-order valence-electron chi connectivity index (χ4n) is 3.67. The average molecular weight is 358 g/mol. The lowest BCUT2D eigenvalue weighted by atomic mass is 9.89. The molecule has 1 spiro atoms. The monoisotopic (exact) mass is 358 g/mol. The van der Waals surface area contributed by atoms with Crippen molar-refractivity contribution in [1.82, 2.24) is 19.8 Å². The van der Waals surface area contributed by atoms with E-state index in [9.17, 15) is 4.79 Å². The van der Waals surface area contributed by atoms with Gasteiger partial charge in [-0.25, -0.2) is 4.98 Å². The van der Waals surface area contributed by atoms with E-state index < -0.39 is 0 Å². The summed E-state index contributed by atoms with van der Waals surface area (Å²) in [4.78, 5) is 26.4. The Morgan fingerprint density at radius 3 is 2.88 bits per heavy atom. The minimum Gasteiger partial charge on any atom is -0.372 e. The van der Waals surface area contributed by atoms with Crippen LogP contribution in [0, 0.1) is 0 Å². The highest BCUT2D eigenvalue weighted by Gasteiger charge is 2.40. The third-order valence-corrected chi connectivity index (χ3v) is 5.89. The third kappa shape index (κ3) is 3.73. The van der Waals surface area contributed by atoms with Crippen LogP contribution >= 0.6 is 11.3 Å². The van der Waals surface area contributed by atoms with Gasteiger partial charge in [-0.1, -0.05) is 6.07 Å². The van der Waals surface area contributed by atoms with Crippen molar-refractivity contribution in [3.8, 4) is 0 Å². The van der Waals surface area contributed by atoms with Crippen molar-refractivity contribution in [1.29, 1.82) is 0 Å². The van der Waals surface area contributed by atoms with Crippen molar-refractivity contribution in [2.24, 2.45) is 0 Å². The Hall–Kier alpha value is -1.83. The van der Waals surface area contributed by atoms with E-state index in [1.54, 1.807) is 23.7 Å². The standard InChI is InChI=1S/C18H22N4O2S/c23-17(16-12-19-5-6-20-16)22-7-3-18(4-8-22)14-21(9-10-24-18)13-15-2-1-11-25-15/h1-2,5-6,11-12H,3-4,7-10,13-14H2. The molecule has 2 aliphatic rings. The molecule has 0 unspecified atom stereocenters. The molecule has 2 aliphatic heterocycles. The summed E-state index contributed by atoms with van der Waals surface area (Å²) >= 11 is 1.81. The molecule has 0 N–H and O–H groups in total. The second-order valence-electron chi connectivity index (χ2n) is 6.70. The largest absolute Gasteiger partial charge is 0.372 e. The number of piperidine rings is 1. The van der Waals surface area contributed by atoms with E-state index in [1.165, 1.54) is 11.1 Å². The molecule has 6 nitrogen and oxygen atoms in total. The zero-order valence-electron chi connectivity index (χ0n) is 14.1. The van der Waals surface area contributed by atoms with Crippen molar-refractivity contribution in [2.75, 3.05) is 32.8 Å². The van der Waals surface area contributed by atoms with E-state index in [-0.39, 0.29) is 11.5 Å². The summed E-state index contributed by atoms with van der Waals surface area (Å²) < 4.78 is 6.19. The number of likely N-dealkylation sites (tertiary alicyclic amines) is 1. The van der Waals surface area contributed by atoms with E-state index in [1.807, 2.05) is 4.90 Å². The molecule has 0 atom stereocenters. The number of rotatable bonds is 3. The summed E-state index contributed by atoms with van der Waals surface area (Å²) in [5.74, 6) is -0.0331. The van der Waals surface area contributed by atoms with Crippen LogP contribution in [-0.4, -0.2) is 64.1 Å². The molecule has 0 radical (unpaired) electrons. The number of amides is 1. The Balaban J connectivity index is 1.36. The zero-order valence-corrected chi connectivity index (χ0v) is 15.0. The van der Waals surface area contributed by atoms with Gasteiger partial charge in [0.25, 0.3) is 5.91 Å². The van der Waals surface area contributed by atoms with E-state index in [0.29, 0.717) is 18.8 Å². The van der Waals surface area contributed by atoms with Gasteiger partial charge in [0.1, 0.15) is 5.69 Å². The summed E-state index contributed by atoms with van der Waals surface area (Å²) in [6, 6.07) is 4.29. The number of hydrogen-bond acceptors (Lipinski definition) is 6. The van der Waals surface area contributed by atoms with Gasteiger partial charge >= 0.3 is 0 Å². The van der Waals surface area contributed by atoms with Crippen LogP contribution in [0.1, 0.15) is 28.2 Å². The highest BCUT2D eigenvalue weighted by molar-refractivity contribution is 7.09. The van der Waals surface area contributed by atoms with Crippen LogP contribution in [0.15, 0.2) is 36.1 Å². The van der Waals surface area contributed by atoms with Crippen molar-refractivity contribution in [3.05, 3.63) is 46.7 Å². The van der Waals surface area contributed by atoms with Gasteiger partial charge in [0.2, 0.25) is 0 Å². The van der Waals surface area contributed by atoms with Crippen LogP contribution in [0.5, 0.6) is 0 Å². The van der Waals surface area contributed by atoms with Crippen molar-refractivity contribution in [3.63, 3.8) is 0 Å². The van der Waals surface area contributed by atoms with Crippen molar-refractivity contribution in [2.45, 2.75) is 25.0 Å². The number of aromatic nitrogens is 2. The van der Waals surface area contributed by atoms with Gasteiger partial charge in [-0.3, -0.25) is 14.7 Å². The molecule has 0 bridgehead atoms. The molecule has 2 saturated heterocycles. The summed E-state index contributed by atoms with van der Waals surface area (Å²) in [5.41, 5.74) is 0.302. The molecule has 4 heterocycles. The normalized spacial score (nSPS) is 20.7. The smallest absolute Gasteiger partial charge is 0.274 e. The van der Waals surface area contributed by atoms with Crippen LogP contribution < -0.4 is 0 Å². The average Bonchev–Trinajstić information content (AvgIpc) is 3.16. The maximum atomic E-state index is 12.5. The first kappa shape index (κ1) is 16.6. The van der Waals surface area contributed by atoms with E-state index in [0.717, 1.165) is 39.1 Å². The van der Waals surface area contributed by atoms with Crippen LogP contribution in [-0.2, 0) is 11.3 Å². The fraction of sp³-hybridized carbons (Fsp3) is 0.500. The SMILES string of the molecule is O=C(c1cnccn1)N1CCC2(CC1)CN(Cc1cccs1)CCO2. The molecule has 2 fully saturated rings. The van der Waals surface area contributed by atoms with Crippen LogP contribution in [0.3, 0.4) is 0 Å². The van der Waals surface area contributed by atoms with Crippen molar-refractivity contribution < 1.29 is 9.53 Å². The predicted octanol–water partition coefficient (Wildman–Crippen LogP) is 2.05. The number of ether oxygens (including phenoxy) is 1. The first-order valence-corrected chi connectivity index (χ1v) is 9.56. The van der Waals surface area contributed by atoms with Crippen molar-refractivity contribution >= 4 is 17.2 Å². The van der Waals surface area contributed by atoms with E-state index in [4.69, 9.17) is 4.74 Å². The fourth-order valence-corrected chi connectivity index (χ4v) is 4.42. The molecule has 25 heavy (non-hydrogen) atoms. The number of nitrogens with zero attached hydrogens (tertiary/aromatic N) is 4. The minimum atomic E-state index is -0.116. The molecule has 0 aromatic carbocycles. The summed E-state index contributed by atoms with van der Waals surface area (Å²) in [7, 11) is 0.